The molecule has 1 saturated heterocycles. The zero-order valence-corrected chi connectivity index (χ0v) is 12.2. The van der Waals surface area contributed by atoms with Gasteiger partial charge in [-0.2, -0.15) is 0 Å². The first-order valence-corrected chi connectivity index (χ1v) is 6.75. The topological polar surface area (TPSA) is 43.8 Å². The quantitative estimate of drug-likeness (QED) is 0.920. The second-order valence-electron chi connectivity index (χ2n) is 6.03. The first kappa shape index (κ1) is 14.9. The van der Waals surface area contributed by atoms with Crippen LogP contribution in [0, 0.1) is 5.82 Å². The summed E-state index contributed by atoms with van der Waals surface area (Å²) < 4.78 is 14.1. The summed E-state index contributed by atoms with van der Waals surface area (Å²) in [5, 5.41) is 8.95. The number of rotatable bonds is 3. The van der Waals surface area contributed by atoms with Crippen molar-refractivity contribution in [2.45, 2.75) is 25.9 Å². The second-order valence-corrected chi connectivity index (χ2v) is 6.03. The Morgan fingerprint density at radius 1 is 1.40 bits per heavy atom. The Labute approximate surface area is 118 Å². The molecule has 0 spiro atoms. The number of nitrogens with zero attached hydrogens (tertiary/aromatic N) is 2. The third kappa shape index (κ3) is 2.99. The summed E-state index contributed by atoms with van der Waals surface area (Å²) in [4.78, 5) is 15.4. The van der Waals surface area contributed by atoms with Crippen molar-refractivity contribution in [3.05, 3.63) is 35.1 Å². The van der Waals surface area contributed by atoms with Gasteiger partial charge in [-0.25, -0.2) is 9.18 Å². The molecule has 1 aliphatic heterocycles. The van der Waals surface area contributed by atoms with Gasteiger partial charge in [0.1, 0.15) is 5.82 Å². The highest BCUT2D eigenvalue weighted by atomic mass is 19.1. The van der Waals surface area contributed by atoms with Crippen molar-refractivity contribution in [3.63, 3.8) is 0 Å². The van der Waals surface area contributed by atoms with Crippen LogP contribution in [0.15, 0.2) is 18.2 Å². The van der Waals surface area contributed by atoms with E-state index in [4.69, 9.17) is 5.11 Å². The summed E-state index contributed by atoms with van der Waals surface area (Å²) in [7, 11) is 2.09. The van der Waals surface area contributed by atoms with Crippen LogP contribution in [0.3, 0.4) is 0 Å². The van der Waals surface area contributed by atoms with Crippen LogP contribution < -0.4 is 0 Å². The molecule has 0 aliphatic carbocycles. The van der Waals surface area contributed by atoms with Crippen molar-refractivity contribution in [2.75, 3.05) is 26.7 Å². The van der Waals surface area contributed by atoms with Crippen LogP contribution in [0.25, 0.3) is 0 Å². The van der Waals surface area contributed by atoms with Crippen LogP contribution in [-0.4, -0.2) is 53.1 Å². The number of aromatic carboxylic acids is 1. The van der Waals surface area contributed by atoms with E-state index in [-0.39, 0.29) is 11.1 Å². The first-order chi connectivity index (χ1) is 9.31. The Hall–Kier alpha value is -1.46. The SMILES string of the molecule is CN1CCN(Cc2cccc(C(=O)O)c2F)CC1(C)C. The Kier molecular flexibility index (Phi) is 4.11. The van der Waals surface area contributed by atoms with Gasteiger partial charge in [0.2, 0.25) is 0 Å². The van der Waals surface area contributed by atoms with Crippen molar-refractivity contribution in [1.82, 2.24) is 9.80 Å². The number of benzene rings is 1. The van der Waals surface area contributed by atoms with E-state index in [0.29, 0.717) is 12.1 Å². The largest absolute Gasteiger partial charge is 0.478 e. The molecular weight excluding hydrogens is 259 g/mol. The van der Waals surface area contributed by atoms with Gasteiger partial charge in [0.15, 0.2) is 0 Å². The van der Waals surface area contributed by atoms with E-state index in [1.54, 1.807) is 12.1 Å². The van der Waals surface area contributed by atoms with Crippen molar-refractivity contribution >= 4 is 5.97 Å². The number of carboxylic acid groups (broad SMARTS) is 1. The molecule has 0 radical (unpaired) electrons. The number of carbonyl (C=O) groups is 1. The molecule has 1 N–H and O–H groups in total. The normalized spacial score (nSPS) is 20.0. The smallest absolute Gasteiger partial charge is 0.338 e. The second kappa shape index (κ2) is 5.50. The summed E-state index contributed by atoms with van der Waals surface area (Å²) >= 11 is 0. The summed E-state index contributed by atoms with van der Waals surface area (Å²) in [6, 6.07) is 4.56. The number of carboxylic acids is 1. The fourth-order valence-corrected chi connectivity index (χ4v) is 2.58. The average molecular weight is 280 g/mol. The van der Waals surface area contributed by atoms with Crippen LogP contribution >= 0.6 is 0 Å². The maximum absolute atomic E-state index is 14.1. The van der Waals surface area contributed by atoms with E-state index in [1.807, 2.05) is 0 Å². The Morgan fingerprint density at radius 2 is 2.10 bits per heavy atom. The van der Waals surface area contributed by atoms with E-state index in [2.05, 4.69) is 30.7 Å². The van der Waals surface area contributed by atoms with Crippen molar-refractivity contribution in [3.8, 4) is 0 Å². The number of hydrogen-bond acceptors (Lipinski definition) is 3. The van der Waals surface area contributed by atoms with Gasteiger partial charge >= 0.3 is 5.97 Å². The Morgan fingerprint density at radius 3 is 2.70 bits per heavy atom. The monoisotopic (exact) mass is 280 g/mol. The molecule has 2 rings (SSSR count). The average Bonchev–Trinajstić information content (AvgIpc) is 2.35. The zero-order valence-electron chi connectivity index (χ0n) is 12.2. The van der Waals surface area contributed by atoms with Crippen LogP contribution in [0.5, 0.6) is 0 Å². The van der Waals surface area contributed by atoms with Crippen LogP contribution in [-0.2, 0) is 6.54 Å². The molecular formula is C15H21FN2O2. The third-order valence-electron chi connectivity index (χ3n) is 4.10. The minimum absolute atomic E-state index is 0.0408. The highest BCUT2D eigenvalue weighted by molar-refractivity contribution is 5.88. The molecule has 1 aromatic rings. The number of likely N-dealkylation sites (N-methyl/N-ethyl adjacent to an activating group) is 1. The molecule has 0 amide bonds. The highest BCUT2D eigenvalue weighted by Crippen LogP contribution is 2.22. The van der Waals surface area contributed by atoms with E-state index in [1.165, 1.54) is 6.07 Å². The lowest BCUT2D eigenvalue weighted by Gasteiger charge is -2.45. The molecule has 1 aliphatic rings. The zero-order chi connectivity index (χ0) is 14.9. The number of halogens is 1. The predicted octanol–water partition coefficient (Wildman–Crippen LogP) is 2.05. The summed E-state index contributed by atoms with van der Waals surface area (Å²) in [6.07, 6.45) is 0. The minimum atomic E-state index is -1.22. The van der Waals surface area contributed by atoms with Crippen LogP contribution in [0.2, 0.25) is 0 Å². The third-order valence-corrected chi connectivity index (χ3v) is 4.10. The fourth-order valence-electron chi connectivity index (χ4n) is 2.58. The van der Waals surface area contributed by atoms with E-state index >= 15 is 0 Å². The molecule has 0 saturated carbocycles. The first-order valence-electron chi connectivity index (χ1n) is 6.75. The van der Waals surface area contributed by atoms with E-state index < -0.39 is 11.8 Å². The van der Waals surface area contributed by atoms with Crippen molar-refractivity contribution in [2.24, 2.45) is 0 Å². The Bertz CT molecular complexity index is 517. The van der Waals surface area contributed by atoms with Gasteiger partial charge < -0.3 is 5.11 Å². The van der Waals surface area contributed by atoms with Gasteiger partial charge in [0.05, 0.1) is 5.56 Å². The predicted molar refractivity (Wildman–Crippen MR) is 75.3 cm³/mol. The number of piperazine rings is 1. The molecule has 1 fully saturated rings. The molecule has 1 aromatic carbocycles. The molecule has 110 valence electrons. The van der Waals surface area contributed by atoms with Gasteiger partial charge in [-0.3, -0.25) is 9.80 Å². The summed E-state index contributed by atoms with van der Waals surface area (Å²) in [5.41, 5.74) is 0.236. The Balaban J connectivity index is 2.15. The van der Waals surface area contributed by atoms with Crippen LogP contribution in [0.4, 0.5) is 4.39 Å². The lowest BCUT2D eigenvalue weighted by Crippen LogP contribution is -2.57. The fraction of sp³-hybridized carbons (Fsp3) is 0.533. The van der Waals surface area contributed by atoms with Gasteiger partial charge in [-0.1, -0.05) is 12.1 Å². The van der Waals surface area contributed by atoms with Crippen molar-refractivity contribution in [1.29, 1.82) is 0 Å². The summed E-state index contributed by atoms with van der Waals surface area (Å²) in [6.45, 7) is 7.38. The standard InChI is InChI=1S/C15H21FN2O2/c1-15(2)10-18(8-7-17(15)3)9-11-5-4-6-12(13(11)16)14(19)20/h4-6H,7-10H2,1-3H3,(H,19,20). The number of hydrogen-bond donors (Lipinski definition) is 1. The molecule has 0 unspecified atom stereocenters. The molecule has 4 nitrogen and oxygen atoms in total. The molecule has 0 aromatic heterocycles. The lowest BCUT2D eigenvalue weighted by atomic mass is 9.99. The minimum Gasteiger partial charge on any atom is -0.478 e. The lowest BCUT2D eigenvalue weighted by molar-refractivity contribution is 0.0354. The van der Waals surface area contributed by atoms with Gasteiger partial charge in [-0.05, 0) is 27.0 Å². The summed E-state index contributed by atoms with van der Waals surface area (Å²) in [5.74, 6) is -1.83. The van der Waals surface area contributed by atoms with E-state index in [9.17, 15) is 9.18 Å². The van der Waals surface area contributed by atoms with Gasteiger partial charge in [-0.15, -0.1) is 0 Å². The highest BCUT2D eigenvalue weighted by Gasteiger charge is 2.31. The molecule has 20 heavy (non-hydrogen) atoms. The van der Waals surface area contributed by atoms with Crippen molar-refractivity contribution < 1.29 is 14.3 Å². The molecule has 0 bridgehead atoms. The molecule has 5 heteroatoms. The van der Waals surface area contributed by atoms with Gasteiger partial charge in [0, 0.05) is 37.3 Å². The maximum atomic E-state index is 14.1. The maximum Gasteiger partial charge on any atom is 0.338 e. The van der Waals surface area contributed by atoms with Crippen LogP contribution in [0.1, 0.15) is 29.8 Å². The molecule has 0 atom stereocenters. The van der Waals surface area contributed by atoms with Gasteiger partial charge in [0.25, 0.3) is 0 Å². The van der Waals surface area contributed by atoms with E-state index in [0.717, 1.165) is 19.6 Å². The molecule has 1 heterocycles.